The molecule has 0 amide bonds. The van der Waals surface area contributed by atoms with Gasteiger partial charge in [-0.05, 0) is 36.4 Å². The number of fused-ring (bicyclic) bond motifs is 1. The molecular weight excluding hydrogens is 300 g/mol. The van der Waals surface area contributed by atoms with E-state index in [4.69, 9.17) is 0 Å². The number of hydrogen-bond donors (Lipinski definition) is 3. The highest BCUT2D eigenvalue weighted by atomic mass is 16.1. The van der Waals surface area contributed by atoms with E-state index >= 15 is 0 Å². The van der Waals surface area contributed by atoms with Crippen molar-refractivity contribution >= 4 is 16.5 Å². The maximum atomic E-state index is 12.4. The zero-order chi connectivity index (χ0) is 16.5. The fourth-order valence-corrected chi connectivity index (χ4v) is 3.18. The minimum atomic E-state index is -0.182. The molecule has 0 bridgehead atoms. The normalized spacial score (nSPS) is 13.8. The summed E-state index contributed by atoms with van der Waals surface area (Å²) in [6.45, 7) is 2.86. The first-order valence-electron chi connectivity index (χ1n) is 8.08. The minimum absolute atomic E-state index is 0.182. The van der Waals surface area contributed by atoms with Crippen LogP contribution in [0, 0.1) is 0 Å². The molecule has 24 heavy (non-hydrogen) atoms. The molecule has 120 valence electrons. The highest BCUT2D eigenvalue weighted by Gasteiger charge is 2.16. The Morgan fingerprint density at radius 1 is 1.25 bits per heavy atom. The van der Waals surface area contributed by atoms with Crippen LogP contribution in [0.25, 0.3) is 27.7 Å². The topological polar surface area (TPSA) is 73.6 Å². The van der Waals surface area contributed by atoms with Gasteiger partial charge in [0.05, 0.1) is 17.0 Å². The Bertz CT molecular complexity index is 1020. The third-order valence-corrected chi connectivity index (χ3v) is 4.36. The molecule has 0 radical (unpaired) electrons. The Balaban J connectivity index is 1.92. The molecule has 3 heterocycles. The first-order chi connectivity index (χ1) is 11.8. The molecule has 5 heteroatoms. The quantitative estimate of drug-likeness (QED) is 0.695. The number of nitrogens with zero attached hydrogens (tertiary/aromatic N) is 1. The van der Waals surface area contributed by atoms with Gasteiger partial charge in [-0.2, -0.15) is 5.10 Å². The van der Waals surface area contributed by atoms with Crippen LogP contribution in [0.2, 0.25) is 0 Å². The highest BCUT2D eigenvalue weighted by molar-refractivity contribution is 5.91. The second-order valence-corrected chi connectivity index (χ2v) is 5.77. The Labute approximate surface area is 139 Å². The van der Waals surface area contributed by atoms with Crippen molar-refractivity contribution in [3.63, 3.8) is 0 Å². The largest absolute Gasteiger partial charge is 0.387 e. The number of rotatable bonds is 3. The average Bonchev–Trinajstić information content (AvgIpc) is 3.01. The first kappa shape index (κ1) is 14.5. The molecule has 0 saturated heterocycles. The van der Waals surface area contributed by atoms with Crippen LogP contribution in [0.15, 0.2) is 53.5 Å². The molecule has 1 aliphatic rings. The Hall–Kier alpha value is -3.08. The summed E-state index contributed by atoms with van der Waals surface area (Å²) in [6, 6.07) is 10.00. The zero-order valence-corrected chi connectivity index (χ0v) is 13.4. The molecule has 0 atom stereocenters. The van der Waals surface area contributed by atoms with Gasteiger partial charge in [0.2, 0.25) is 0 Å². The predicted molar refractivity (Wildman–Crippen MR) is 96.6 cm³/mol. The van der Waals surface area contributed by atoms with Crippen LogP contribution in [-0.4, -0.2) is 21.7 Å². The van der Waals surface area contributed by atoms with Crippen LogP contribution >= 0.6 is 0 Å². The summed E-state index contributed by atoms with van der Waals surface area (Å²) in [6.07, 6.45) is 6.75. The van der Waals surface area contributed by atoms with E-state index in [2.05, 4.69) is 39.6 Å². The Morgan fingerprint density at radius 3 is 2.92 bits per heavy atom. The van der Waals surface area contributed by atoms with Crippen LogP contribution in [-0.2, 0) is 6.42 Å². The average molecular weight is 318 g/mol. The molecule has 5 nitrogen and oxygen atoms in total. The number of hydrogen-bond acceptors (Lipinski definition) is 3. The van der Waals surface area contributed by atoms with Gasteiger partial charge in [-0.25, -0.2) is 5.10 Å². The van der Waals surface area contributed by atoms with Crippen molar-refractivity contribution in [1.29, 1.82) is 0 Å². The predicted octanol–water partition coefficient (Wildman–Crippen LogP) is 2.98. The number of para-hydroxylation sites is 1. The molecule has 2 aromatic heterocycles. The summed E-state index contributed by atoms with van der Waals surface area (Å²) in [7, 11) is 0. The van der Waals surface area contributed by atoms with Crippen molar-refractivity contribution in [1.82, 2.24) is 20.5 Å². The van der Waals surface area contributed by atoms with Gasteiger partial charge in [0.15, 0.2) is 0 Å². The van der Waals surface area contributed by atoms with E-state index < -0.39 is 0 Å². The second-order valence-electron chi connectivity index (χ2n) is 5.77. The van der Waals surface area contributed by atoms with Crippen LogP contribution in [0.4, 0.5) is 0 Å². The highest BCUT2D eigenvalue weighted by Crippen LogP contribution is 2.29. The van der Waals surface area contributed by atoms with Crippen LogP contribution < -0.4 is 10.9 Å². The third kappa shape index (κ3) is 2.34. The van der Waals surface area contributed by atoms with Gasteiger partial charge in [0.25, 0.3) is 5.56 Å². The van der Waals surface area contributed by atoms with Gasteiger partial charge in [0.1, 0.15) is 0 Å². The molecular formula is C19H18N4O. The van der Waals surface area contributed by atoms with Crippen molar-refractivity contribution in [2.45, 2.75) is 13.3 Å². The lowest BCUT2D eigenvalue weighted by atomic mass is 10.0. The monoisotopic (exact) mass is 318 g/mol. The van der Waals surface area contributed by atoms with Gasteiger partial charge >= 0.3 is 0 Å². The lowest BCUT2D eigenvalue weighted by Crippen LogP contribution is -2.14. The molecule has 4 rings (SSSR count). The molecule has 3 aromatic rings. The van der Waals surface area contributed by atoms with Crippen molar-refractivity contribution in [3.05, 3.63) is 70.3 Å². The summed E-state index contributed by atoms with van der Waals surface area (Å²) in [4.78, 5) is 15.8. The molecule has 0 saturated carbocycles. The molecule has 0 unspecified atom stereocenters. The number of aromatic nitrogens is 3. The van der Waals surface area contributed by atoms with Crippen LogP contribution in [0.3, 0.4) is 0 Å². The van der Waals surface area contributed by atoms with Crippen molar-refractivity contribution in [2.75, 3.05) is 6.54 Å². The van der Waals surface area contributed by atoms with E-state index in [0.717, 1.165) is 46.4 Å². The number of nitrogens with one attached hydrogen (secondary N) is 3. The maximum Gasteiger partial charge on any atom is 0.273 e. The smallest absolute Gasteiger partial charge is 0.273 e. The molecule has 0 fully saturated rings. The number of allylic oxidation sites excluding steroid dienone is 2. The Kier molecular flexibility index (Phi) is 3.54. The van der Waals surface area contributed by atoms with E-state index in [9.17, 15) is 4.79 Å². The summed E-state index contributed by atoms with van der Waals surface area (Å²) >= 11 is 0. The standard InChI is InChI=1S/C19H18N4O/c1-2-13-14-5-3-4-6-16(14)21-18(13)15-11-17(22-23-19(15)24)12-7-9-20-10-8-12/h3-9,11,20-21H,2,10H2,1H3,(H,23,24). The lowest BCUT2D eigenvalue weighted by Gasteiger charge is -2.09. The maximum absolute atomic E-state index is 12.4. The van der Waals surface area contributed by atoms with E-state index in [1.807, 2.05) is 36.5 Å². The fourth-order valence-electron chi connectivity index (χ4n) is 3.18. The van der Waals surface area contributed by atoms with Crippen LogP contribution in [0.1, 0.15) is 18.2 Å². The number of aromatic amines is 2. The van der Waals surface area contributed by atoms with E-state index in [0.29, 0.717) is 5.56 Å². The molecule has 0 aliphatic carbocycles. The van der Waals surface area contributed by atoms with E-state index in [1.165, 1.54) is 0 Å². The number of H-pyrrole nitrogens is 2. The van der Waals surface area contributed by atoms with E-state index in [1.54, 1.807) is 0 Å². The molecule has 1 aromatic carbocycles. The zero-order valence-electron chi connectivity index (χ0n) is 13.4. The second kappa shape index (κ2) is 5.85. The van der Waals surface area contributed by atoms with E-state index in [-0.39, 0.29) is 5.56 Å². The molecule has 3 N–H and O–H groups in total. The summed E-state index contributed by atoms with van der Waals surface area (Å²) in [5.74, 6) is 0. The van der Waals surface area contributed by atoms with Gasteiger partial charge < -0.3 is 10.3 Å². The van der Waals surface area contributed by atoms with Gasteiger partial charge in [-0.3, -0.25) is 4.79 Å². The van der Waals surface area contributed by atoms with Gasteiger partial charge in [0, 0.05) is 23.0 Å². The molecule has 1 aliphatic heterocycles. The minimum Gasteiger partial charge on any atom is -0.387 e. The van der Waals surface area contributed by atoms with Crippen LogP contribution in [0.5, 0.6) is 0 Å². The number of benzene rings is 1. The van der Waals surface area contributed by atoms with Crippen molar-refractivity contribution < 1.29 is 0 Å². The van der Waals surface area contributed by atoms with Crippen molar-refractivity contribution in [2.24, 2.45) is 0 Å². The van der Waals surface area contributed by atoms with Gasteiger partial charge in [-0.15, -0.1) is 0 Å². The summed E-state index contributed by atoms with van der Waals surface area (Å²) < 4.78 is 0. The number of dihydropyridines is 1. The van der Waals surface area contributed by atoms with Gasteiger partial charge in [-0.1, -0.05) is 31.2 Å². The first-order valence-corrected chi connectivity index (χ1v) is 8.08. The molecule has 0 spiro atoms. The SMILES string of the molecule is CCc1c(-c2cc(C3=CCNC=C3)n[nH]c2=O)[nH]c2ccccc12. The van der Waals surface area contributed by atoms with Crippen molar-refractivity contribution in [3.8, 4) is 11.3 Å². The summed E-state index contributed by atoms with van der Waals surface area (Å²) in [5.41, 5.74) is 5.29. The lowest BCUT2D eigenvalue weighted by molar-refractivity contribution is 0.951. The Morgan fingerprint density at radius 2 is 2.12 bits per heavy atom. The summed E-state index contributed by atoms with van der Waals surface area (Å²) in [5, 5.41) is 11.1. The fraction of sp³-hybridized carbons (Fsp3) is 0.158. The number of aryl methyl sites for hydroxylation is 1. The third-order valence-electron chi connectivity index (χ3n) is 4.36.